The number of rotatable bonds is 0. The Labute approximate surface area is 66.0 Å². The summed E-state index contributed by atoms with van der Waals surface area (Å²) in [6, 6.07) is 0. The molecule has 1 fully saturated rings. The highest BCUT2D eigenvalue weighted by Crippen LogP contribution is 2.28. The zero-order valence-corrected chi connectivity index (χ0v) is 6.57. The molecule has 11 heavy (non-hydrogen) atoms. The summed E-state index contributed by atoms with van der Waals surface area (Å²) in [5.74, 6) is -0.214. The Hall–Kier alpha value is -0.380. The Morgan fingerprint density at radius 3 is 2.45 bits per heavy atom. The van der Waals surface area contributed by atoms with E-state index in [-0.39, 0.29) is 12.3 Å². The third-order valence-electron chi connectivity index (χ3n) is 2.38. The molecule has 0 saturated heterocycles. The lowest BCUT2D eigenvalue weighted by Gasteiger charge is -2.34. The van der Waals surface area contributed by atoms with E-state index in [1.807, 2.05) is 0 Å². The third kappa shape index (κ3) is 1.45. The molecule has 4 atom stereocenters. The van der Waals surface area contributed by atoms with Crippen molar-refractivity contribution < 1.29 is 15.3 Å². The van der Waals surface area contributed by atoms with Crippen LogP contribution in [0.5, 0.6) is 0 Å². The first-order chi connectivity index (χ1) is 5.04. The van der Waals surface area contributed by atoms with Crippen molar-refractivity contribution in [1.82, 2.24) is 0 Å². The van der Waals surface area contributed by atoms with Gasteiger partial charge in [-0.05, 0) is 5.57 Å². The van der Waals surface area contributed by atoms with E-state index in [1.165, 1.54) is 0 Å². The number of hydrogen-bond acceptors (Lipinski definition) is 3. The Bertz CT molecular complexity index is 167. The lowest BCUT2D eigenvalue weighted by Crippen LogP contribution is -2.43. The van der Waals surface area contributed by atoms with Crippen LogP contribution in [0.3, 0.4) is 0 Å². The number of aliphatic hydroxyl groups is 3. The largest absolute Gasteiger partial charge is 0.390 e. The van der Waals surface area contributed by atoms with Gasteiger partial charge in [0.25, 0.3) is 0 Å². The Morgan fingerprint density at radius 1 is 1.36 bits per heavy atom. The maximum atomic E-state index is 9.31. The number of aliphatic hydroxyl groups excluding tert-OH is 3. The molecule has 0 radical (unpaired) electrons. The molecule has 64 valence electrons. The van der Waals surface area contributed by atoms with E-state index in [0.29, 0.717) is 5.57 Å². The third-order valence-corrected chi connectivity index (χ3v) is 2.38. The van der Waals surface area contributed by atoms with Crippen molar-refractivity contribution in [2.24, 2.45) is 5.92 Å². The lowest BCUT2D eigenvalue weighted by molar-refractivity contribution is -0.0512. The second-order valence-corrected chi connectivity index (χ2v) is 3.17. The second kappa shape index (κ2) is 2.93. The molecule has 0 aliphatic heterocycles. The Balaban J connectivity index is 2.70. The van der Waals surface area contributed by atoms with Crippen LogP contribution in [-0.4, -0.2) is 33.6 Å². The van der Waals surface area contributed by atoms with Gasteiger partial charge in [0.05, 0.1) is 18.3 Å². The van der Waals surface area contributed by atoms with E-state index < -0.39 is 18.3 Å². The minimum Gasteiger partial charge on any atom is -0.390 e. The van der Waals surface area contributed by atoms with Crippen LogP contribution >= 0.6 is 0 Å². The quantitative estimate of drug-likeness (QED) is 0.423. The van der Waals surface area contributed by atoms with Gasteiger partial charge in [-0.3, -0.25) is 0 Å². The number of hydrogen-bond donors (Lipinski definition) is 3. The molecule has 0 amide bonds. The highest BCUT2D eigenvalue weighted by molar-refractivity contribution is 5.13. The molecule has 0 heterocycles. The van der Waals surface area contributed by atoms with Gasteiger partial charge in [0.15, 0.2) is 0 Å². The van der Waals surface area contributed by atoms with Crippen LogP contribution in [0.2, 0.25) is 0 Å². The summed E-state index contributed by atoms with van der Waals surface area (Å²) in [5.41, 5.74) is 0.614. The first kappa shape index (κ1) is 8.71. The summed E-state index contributed by atoms with van der Waals surface area (Å²) in [6.07, 6.45) is -2.05. The standard InChI is InChI=1S/C8H14O3/c1-4-5(2)8(11)7(10)3-6(4)9/h5-11H,1,3H2,2H3. The fraction of sp³-hybridized carbons (Fsp3) is 0.750. The van der Waals surface area contributed by atoms with E-state index in [0.717, 1.165) is 0 Å². The van der Waals surface area contributed by atoms with Crippen molar-refractivity contribution in [3.63, 3.8) is 0 Å². The fourth-order valence-electron chi connectivity index (χ4n) is 1.38. The van der Waals surface area contributed by atoms with Crippen LogP contribution in [0.4, 0.5) is 0 Å². The molecular weight excluding hydrogens is 144 g/mol. The maximum Gasteiger partial charge on any atom is 0.0863 e. The summed E-state index contributed by atoms with van der Waals surface area (Å²) in [5, 5.41) is 27.8. The smallest absolute Gasteiger partial charge is 0.0863 e. The first-order valence-corrected chi connectivity index (χ1v) is 3.77. The van der Waals surface area contributed by atoms with E-state index in [1.54, 1.807) is 6.92 Å². The normalized spacial score (nSPS) is 46.0. The molecule has 1 aliphatic rings. The Kier molecular flexibility index (Phi) is 2.32. The van der Waals surface area contributed by atoms with Gasteiger partial charge in [0, 0.05) is 12.3 Å². The first-order valence-electron chi connectivity index (χ1n) is 3.77. The molecule has 3 heteroatoms. The summed E-state index contributed by atoms with van der Waals surface area (Å²) in [7, 11) is 0. The van der Waals surface area contributed by atoms with Gasteiger partial charge in [0.1, 0.15) is 0 Å². The topological polar surface area (TPSA) is 60.7 Å². The molecule has 0 spiro atoms. The van der Waals surface area contributed by atoms with Gasteiger partial charge in [-0.25, -0.2) is 0 Å². The van der Waals surface area contributed by atoms with Gasteiger partial charge in [-0.1, -0.05) is 13.5 Å². The fourth-order valence-corrected chi connectivity index (χ4v) is 1.38. The van der Waals surface area contributed by atoms with Crippen molar-refractivity contribution in [3.8, 4) is 0 Å². The van der Waals surface area contributed by atoms with Crippen LogP contribution in [0.25, 0.3) is 0 Å². The van der Waals surface area contributed by atoms with Crippen molar-refractivity contribution in [2.75, 3.05) is 0 Å². The zero-order chi connectivity index (χ0) is 8.59. The summed E-state index contributed by atoms with van der Waals surface area (Å²) >= 11 is 0. The van der Waals surface area contributed by atoms with Gasteiger partial charge >= 0.3 is 0 Å². The van der Waals surface area contributed by atoms with Crippen molar-refractivity contribution in [3.05, 3.63) is 12.2 Å². The zero-order valence-electron chi connectivity index (χ0n) is 6.57. The molecule has 3 nitrogen and oxygen atoms in total. The summed E-state index contributed by atoms with van der Waals surface area (Å²) in [4.78, 5) is 0. The molecule has 3 N–H and O–H groups in total. The predicted octanol–water partition coefficient (Wildman–Crippen LogP) is -0.335. The average molecular weight is 158 g/mol. The monoisotopic (exact) mass is 158 g/mol. The molecule has 4 unspecified atom stereocenters. The summed E-state index contributed by atoms with van der Waals surface area (Å²) in [6.45, 7) is 5.39. The molecular formula is C8H14O3. The summed E-state index contributed by atoms with van der Waals surface area (Å²) < 4.78 is 0. The molecule has 0 aromatic heterocycles. The molecule has 1 aliphatic carbocycles. The van der Waals surface area contributed by atoms with Crippen LogP contribution in [-0.2, 0) is 0 Å². The molecule has 0 aromatic rings. The van der Waals surface area contributed by atoms with Crippen molar-refractivity contribution in [2.45, 2.75) is 31.7 Å². The van der Waals surface area contributed by atoms with Gasteiger partial charge in [-0.15, -0.1) is 0 Å². The van der Waals surface area contributed by atoms with Crippen LogP contribution in [0.15, 0.2) is 12.2 Å². The van der Waals surface area contributed by atoms with Crippen LogP contribution in [0, 0.1) is 5.92 Å². The van der Waals surface area contributed by atoms with E-state index in [2.05, 4.69) is 6.58 Å². The molecule has 0 bridgehead atoms. The maximum absolute atomic E-state index is 9.31. The highest BCUT2D eigenvalue weighted by Gasteiger charge is 2.34. The minimum atomic E-state index is -0.814. The average Bonchev–Trinajstić information content (AvgIpc) is 1.97. The minimum absolute atomic E-state index is 0.199. The Morgan fingerprint density at radius 2 is 1.91 bits per heavy atom. The van der Waals surface area contributed by atoms with Gasteiger partial charge in [-0.2, -0.15) is 0 Å². The van der Waals surface area contributed by atoms with E-state index >= 15 is 0 Å². The lowest BCUT2D eigenvalue weighted by atomic mass is 9.80. The van der Waals surface area contributed by atoms with Gasteiger partial charge < -0.3 is 15.3 Å². The molecule has 0 aromatic carbocycles. The molecule has 1 rings (SSSR count). The highest BCUT2D eigenvalue weighted by atomic mass is 16.3. The predicted molar refractivity (Wildman–Crippen MR) is 40.9 cm³/mol. The molecule has 1 saturated carbocycles. The van der Waals surface area contributed by atoms with Crippen LogP contribution in [0.1, 0.15) is 13.3 Å². The second-order valence-electron chi connectivity index (χ2n) is 3.17. The van der Waals surface area contributed by atoms with Crippen molar-refractivity contribution in [1.29, 1.82) is 0 Å². The van der Waals surface area contributed by atoms with Crippen molar-refractivity contribution >= 4 is 0 Å². The van der Waals surface area contributed by atoms with E-state index in [9.17, 15) is 15.3 Å². The SMILES string of the molecule is C=C1C(O)CC(O)C(O)C1C. The van der Waals surface area contributed by atoms with Crippen LogP contribution < -0.4 is 0 Å². The van der Waals surface area contributed by atoms with Gasteiger partial charge in [0.2, 0.25) is 0 Å². The van der Waals surface area contributed by atoms with E-state index in [4.69, 9.17) is 0 Å².